The van der Waals surface area contributed by atoms with Crippen LogP contribution in [0.1, 0.15) is 77.0 Å². The fourth-order valence-electron chi connectivity index (χ4n) is 10.1. The molecule has 0 radical (unpaired) electrons. The predicted molar refractivity (Wildman–Crippen MR) is 118 cm³/mol. The Kier molecular flexibility index (Phi) is 2.79. The number of aryl methyl sites for hydroxylation is 1. The van der Waals surface area contributed by atoms with Gasteiger partial charge < -0.3 is 9.84 Å². The second-order valence-corrected chi connectivity index (χ2v) is 13.5. The summed E-state index contributed by atoms with van der Waals surface area (Å²) >= 11 is 0. The van der Waals surface area contributed by atoms with Crippen molar-refractivity contribution < 1.29 is 9.84 Å². The van der Waals surface area contributed by atoms with Crippen LogP contribution >= 0.6 is 0 Å². The van der Waals surface area contributed by atoms with Gasteiger partial charge in [0, 0.05) is 33.4 Å². The van der Waals surface area contributed by atoms with Gasteiger partial charge in [-0.05, 0) is 75.5 Å². The molecular formula is C27H37NO2. The minimum atomic E-state index is -0.718. The molecule has 4 bridgehead atoms. The number of likely N-dealkylation sites (N-methyl/N-ethyl adjacent to an activating group) is 1. The Hall–Kier alpha value is -1.06. The largest absolute Gasteiger partial charge is 0.488 e. The fourth-order valence-corrected chi connectivity index (χ4v) is 10.1. The topological polar surface area (TPSA) is 32.5 Å². The van der Waals surface area contributed by atoms with Crippen molar-refractivity contribution in [1.29, 1.82) is 0 Å². The van der Waals surface area contributed by atoms with Gasteiger partial charge in [0.05, 0.1) is 5.60 Å². The smallest absolute Gasteiger partial charge is 0.126 e. The number of likely N-dealkylation sites (tertiary alicyclic amines) is 1. The van der Waals surface area contributed by atoms with Gasteiger partial charge in [-0.1, -0.05) is 39.8 Å². The molecule has 5 aliphatic carbocycles. The molecule has 7 aliphatic rings. The summed E-state index contributed by atoms with van der Waals surface area (Å²) in [4.78, 5) is 2.72. The SMILES string of the molecule is Cc1ccc2c3c1OC1C4(C)CCC5(CC4C(C)(O)C(C)(C)C)[C@@H]4N(C)C4(C2)C[C@]315. The van der Waals surface area contributed by atoms with E-state index in [1.807, 2.05) is 0 Å². The molecule has 1 N–H and O–H groups in total. The number of fused-ring (bicyclic) bond motifs is 2. The second-order valence-electron chi connectivity index (χ2n) is 13.5. The normalized spacial score (nSPS) is 53.1. The molecule has 1 aromatic rings. The van der Waals surface area contributed by atoms with Crippen LogP contribution in [0.15, 0.2) is 12.1 Å². The first-order valence-electron chi connectivity index (χ1n) is 12.1. The van der Waals surface area contributed by atoms with Crippen molar-refractivity contribution in [3.63, 3.8) is 0 Å². The van der Waals surface area contributed by atoms with E-state index in [9.17, 15) is 5.11 Å². The van der Waals surface area contributed by atoms with Gasteiger partial charge in [-0.15, -0.1) is 0 Å². The summed E-state index contributed by atoms with van der Waals surface area (Å²) < 4.78 is 7.09. The molecule has 1 saturated heterocycles. The van der Waals surface area contributed by atoms with Crippen LogP contribution in [0, 0.1) is 29.1 Å². The Labute approximate surface area is 181 Å². The minimum absolute atomic E-state index is 0.00907. The standard InChI is InChI=1S/C27H37NO2/c1-15-8-9-16-12-26-14-27-18(16)19(15)30-21(27)23(5)10-11-25(27,20(26)28(26)7)13-17(23)24(6,29)22(2,3)4/h8-9,17,20-21,29H,10-14H2,1-7H3/t17?,20-,21?,23?,24?,25?,26?,27-,28?/m0/s1. The number of rotatable bonds is 1. The van der Waals surface area contributed by atoms with Crippen LogP contribution in [0.5, 0.6) is 5.75 Å². The van der Waals surface area contributed by atoms with E-state index in [1.54, 1.807) is 11.1 Å². The number of piperidine rings is 1. The van der Waals surface area contributed by atoms with Crippen molar-refractivity contribution in [2.24, 2.45) is 22.2 Å². The number of aliphatic hydroxyl groups is 1. The zero-order chi connectivity index (χ0) is 21.3. The highest BCUT2D eigenvalue weighted by Crippen LogP contribution is 2.86. The molecule has 5 fully saturated rings. The van der Waals surface area contributed by atoms with Crippen LogP contribution in [-0.2, 0) is 11.8 Å². The molecule has 30 heavy (non-hydrogen) atoms. The number of ether oxygens (including phenoxy) is 1. The fraction of sp³-hybridized carbons (Fsp3) is 0.778. The Balaban J connectivity index is 1.52. The lowest BCUT2D eigenvalue weighted by molar-refractivity contribution is -0.246. The molecule has 3 spiro atoms. The van der Waals surface area contributed by atoms with Crippen LogP contribution in [0.4, 0.5) is 0 Å². The van der Waals surface area contributed by atoms with E-state index in [1.165, 1.54) is 37.0 Å². The average molecular weight is 408 g/mol. The van der Waals surface area contributed by atoms with Gasteiger partial charge in [0.15, 0.2) is 0 Å². The third-order valence-corrected chi connectivity index (χ3v) is 11.9. The number of hydrogen-bond acceptors (Lipinski definition) is 3. The van der Waals surface area contributed by atoms with E-state index in [2.05, 4.69) is 65.6 Å². The van der Waals surface area contributed by atoms with Gasteiger partial charge in [-0.3, -0.25) is 4.90 Å². The molecule has 7 unspecified atom stereocenters. The molecule has 2 aliphatic heterocycles. The third kappa shape index (κ3) is 1.47. The lowest BCUT2D eigenvalue weighted by Gasteiger charge is -2.70. The lowest BCUT2D eigenvalue weighted by Crippen LogP contribution is -2.73. The van der Waals surface area contributed by atoms with Crippen molar-refractivity contribution in [2.45, 2.75) is 102 Å². The molecule has 3 heteroatoms. The Morgan fingerprint density at radius 3 is 2.60 bits per heavy atom. The summed E-state index contributed by atoms with van der Waals surface area (Å²) in [5.74, 6) is 1.47. The maximum absolute atomic E-state index is 12.0. The Bertz CT molecular complexity index is 1020. The zero-order valence-electron chi connectivity index (χ0n) is 19.7. The highest BCUT2D eigenvalue weighted by molar-refractivity contribution is 5.65. The number of hydrogen-bond donors (Lipinski definition) is 1. The molecule has 9 atom stereocenters. The third-order valence-electron chi connectivity index (χ3n) is 11.9. The lowest BCUT2D eigenvalue weighted by atomic mass is 9.35. The van der Waals surface area contributed by atoms with E-state index in [-0.39, 0.29) is 33.7 Å². The van der Waals surface area contributed by atoms with Gasteiger partial charge in [-0.2, -0.15) is 0 Å². The van der Waals surface area contributed by atoms with E-state index >= 15 is 0 Å². The number of benzene rings is 1. The summed E-state index contributed by atoms with van der Waals surface area (Å²) in [7, 11) is 2.37. The van der Waals surface area contributed by atoms with Gasteiger partial charge in [0.2, 0.25) is 0 Å². The van der Waals surface area contributed by atoms with Crippen LogP contribution < -0.4 is 4.74 Å². The summed E-state index contributed by atoms with van der Waals surface area (Å²) in [6.45, 7) is 13.5. The monoisotopic (exact) mass is 407 g/mol. The van der Waals surface area contributed by atoms with Crippen molar-refractivity contribution in [3.8, 4) is 5.75 Å². The van der Waals surface area contributed by atoms with Crippen molar-refractivity contribution >= 4 is 0 Å². The molecule has 3 nitrogen and oxygen atoms in total. The first-order valence-corrected chi connectivity index (χ1v) is 12.1. The molecule has 8 rings (SSSR count). The molecule has 1 aromatic carbocycles. The van der Waals surface area contributed by atoms with E-state index < -0.39 is 5.60 Å². The zero-order valence-corrected chi connectivity index (χ0v) is 19.7. The summed E-state index contributed by atoms with van der Waals surface area (Å²) in [6, 6.07) is 5.36. The van der Waals surface area contributed by atoms with E-state index in [4.69, 9.17) is 4.74 Å². The molecule has 0 aromatic heterocycles. The number of nitrogens with zero attached hydrogens (tertiary/aromatic N) is 1. The van der Waals surface area contributed by atoms with Crippen molar-refractivity contribution in [3.05, 3.63) is 28.8 Å². The van der Waals surface area contributed by atoms with Crippen LogP contribution in [-0.4, -0.2) is 40.3 Å². The highest BCUT2D eigenvalue weighted by Gasteiger charge is 2.91. The first-order chi connectivity index (χ1) is 13.9. The average Bonchev–Trinajstić information content (AvgIpc) is 2.98. The van der Waals surface area contributed by atoms with Gasteiger partial charge in [0.25, 0.3) is 0 Å². The predicted octanol–water partition coefficient (Wildman–Crippen LogP) is 4.61. The van der Waals surface area contributed by atoms with E-state index in [0.29, 0.717) is 11.6 Å². The second kappa shape index (κ2) is 4.53. The van der Waals surface area contributed by atoms with Crippen molar-refractivity contribution in [2.75, 3.05) is 7.05 Å². The van der Waals surface area contributed by atoms with E-state index in [0.717, 1.165) is 6.42 Å². The minimum Gasteiger partial charge on any atom is -0.488 e. The van der Waals surface area contributed by atoms with Crippen molar-refractivity contribution in [1.82, 2.24) is 4.90 Å². The Morgan fingerprint density at radius 2 is 1.90 bits per heavy atom. The summed E-state index contributed by atoms with van der Waals surface area (Å²) in [5, 5.41) is 12.0. The van der Waals surface area contributed by atoms with Gasteiger partial charge >= 0.3 is 0 Å². The van der Waals surface area contributed by atoms with Crippen LogP contribution in [0.2, 0.25) is 0 Å². The maximum Gasteiger partial charge on any atom is 0.126 e. The van der Waals surface area contributed by atoms with Crippen LogP contribution in [0.3, 0.4) is 0 Å². The Morgan fingerprint density at radius 1 is 1.17 bits per heavy atom. The molecule has 0 amide bonds. The molecule has 162 valence electrons. The molecular weight excluding hydrogens is 370 g/mol. The first kappa shape index (κ1) is 18.5. The van der Waals surface area contributed by atoms with Crippen LogP contribution in [0.25, 0.3) is 0 Å². The maximum atomic E-state index is 12.0. The quantitative estimate of drug-likeness (QED) is 0.690. The summed E-state index contributed by atoms with van der Waals surface area (Å²) in [5.41, 5.74) is 4.34. The molecule has 2 heterocycles. The highest BCUT2D eigenvalue weighted by atomic mass is 16.5. The van der Waals surface area contributed by atoms with Gasteiger partial charge in [-0.25, -0.2) is 0 Å². The molecule has 4 saturated carbocycles. The van der Waals surface area contributed by atoms with Gasteiger partial charge in [0.1, 0.15) is 11.9 Å². The summed E-state index contributed by atoms with van der Waals surface area (Å²) in [6.07, 6.45) is 6.29.